The molecule has 4 heteroatoms. The second-order valence-electron chi connectivity index (χ2n) is 8.61. The Morgan fingerprint density at radius 1 is 0.833 bits per heavy atom. The van der Waals surface area contributed by atoms with Crippen molar-refractivity contribution in [3.8, 4) is 16.9 Å². The molecule has 0 N–H and O–H groups in total. The fourth-order valence-electron chi connectivity index (χ4n) is 3.85. The van der Waals surface area contributed by atoms with Crippen LogP contribution in [-0.2, 0) is 5.41 Å². The van der Waals surface area contributed by atoms with Gasteiger partial charge in [-0.05, 0) is 41.3 Å². The Hall–Kier alpha value is -3.53. The zero-order valence-electron chi connectivity index (χ0n) is 17.2. The third-order valence-electron chi connectivity index (χ3n) is 5.49. The Morgan fingerprint density at radius 2 is 1.57 bits per heavy atom. The summed E-state index contributed by atoms with van der Waals surface area (Å²) in [6.45, 7) is 6.59. The van der Waals surface area contributed by atoms with E-state index in [9.17, 15) is 4.39 Å². The molecule has 5 aromatic rings. The van der Waals surface area contributed by atoms with Crippen LogP contribution in [0.1, 0.15) is 26.3 Å². The van der Waals surface area contributed by atoms with Crippen LogP contribution in [0.5, 0.6) is 0 Å². The van der Waals surface area contributed by atoms with Crippen molar-refractivity contribution in [2.24, 2.45) is 0 Å². The normalized spacial score (nSPS) is 12.0. The molecule has 3 aromatic carbocycles. The van der Waals surface area contributed by atoms with Crippen molar-refractivity contribution < 1.29 is 4.39 Å². The van der Waals surface area contributed by atoms with Crippen LogP contribution < -0.4 is 0 Å². The van der Waals surface area contributed by atoms with E-state index >= 15 is 0 Å². The zero-order chi connectivity index (χ0) is 20.9. The average Bonchev–Trinajstić information content (AvgIpc) is 3.14. The first kappa shape index (κ1) is 18.5. The van der Waals surface area contributed by atoms with Gasteiger partial charge in [0, 0.05) is 22.5 Å². The van der Waals surface area contributed by atoms with Gasteiger partial charge in [0.2, 0.25) is 0 Å². The molecule has 0 saturated carbocycles. The molecule has 0 aliphatic rings. The summed E-state index contributed by atoms with van der Waals surface area (Å²) in [4.78, 5) is 4.57. The lowest BCUT2D eigenvalue weighted by Gasteiger charge is -2.19. The summed E-state index contributed by atoms with van der Waals surface area (Å²) in [5.41, 5.74) is 5.71. The molecule has 0 unspecified atom stereocenters. The number of halogens is 1. The van der Waals surface area contributed by atoms with Crippen molar-refractivity contribution in [3.05, 3.63) is 90.4 Å². The number of hydrogen-bond donors (Lipinski definition) is 0. The number of rotatable bonds is 2. The number of aromatic nitrogens is 3. The van der Waals surface area contributed by atoms with Gasteiger partial charge in [-0.15, -0.1) is 0 Å². The highest BCUT2D eigenvalue weighted by molar-refractivity contribution is 6.08. The Morgan fingerprint density at radius 3 is 2.27 bits per heavy atom. The summed E-state index contributed by atoms with van der Waals surface area (Å²) in [5.74, 6) is -0.283. The van der Waals surface area contributed by atoms with Crippen LogP contribution in [0.25, 0.3) is 38.8 Å². The van der Waals surface area contributed by atoms with E-state index in [2.05, 4.69) is 50.0 Å². The second kappa shape index (κ2) is 6.77. The van der Waals surface area contributed by atoms with Crippen LogP contribution in [0.2, 0.25) is 0 Å². The summed E-state index contributed by atoms with van der Waals surface area (Å²) < 4.78 is 16.1. The average molecular weight is 395 g/mol. The van der Waals surface area contributed by atoms with Gasteiger partial charge in [-0.25, -0.2) is 9.07 Å². The van der Waals surface area contributed by atoms with E-state index < -0.39 is 0 Å². The predicted molar refractivity (Wildman–Crippen MR) is 120 cm³/mol. The van der Waals surface area contributed by atoms with Gasteiger partial charge in [-0.2, -0.15) is 5.10 Å². The van der Waals surface area contributed by atoms with Crippen molar-refractivity contribution in [1.29, 1.82) is 0 Å². The van der Waals surface area contributed by atoms with Crippen molar-refractivity contribution in [2.45, 2.75) is 26.2 Å². The van der Waals surface area contributed by atoms with Gasteiger partial charge < -0.3 is 0 Å². The lowest BCUT2D eigenvalue weighted by Crippen LogP contribution is -2.11. The molecule has 0 aliphatic carbocycles. The lowest BCUT2D eigenvalue weighted by atomic mass is 9.87. The molecule has 148 valence electrons. The van der Waals surface area contributed by atoms with Gasteiger partial charge in [-0.1, -0.05) is 63.2 Å². The van der Waals surface area contributed by atoms with Gasteiger partial charge in [0.15, 0.2) is 0 Å². The second-order valence-corrected chi connectivity index (χ2v) is 8.61. The molecule has 0 atom stereocenters. The van der Waals surface area contributed by atoms with Crippen LogP contribution >= 0.6 is 0 Å². The molecule has 2 aromatic heterocycles. The van der Waals surface area contributed by atoms with E-state index in [1.165, 1.54) is 11.6 Å². The fourth-order valence-corrected chi connectivity index (χ4v) is 3.85. The van der Waals surface area contributed by atoms with Crippen molar-refractivity contribution in [2.75, 3.05) is 0 Å². The Bertz CT molecular complexity index is 1360. The first-order chi connectivity index (χ1) is 14.4. The van der Waals surface area contributed by atoms with E-state index in [0.717, 1.165) is 38.8 Å². The molecule has 5 rings (SSSR count). The van der Waals surface area contributed by atoms with E-state index in [1.54, 1.807) is 12.1 Å². The third kappa shape index (κ3) is 3.05. The maximum absolute atomic E-state index is 14.2. The first-order valence-electron chi connectivity index (χ1n) is 10.1. The van der Waals surface area contributed by atoms with Crippen LogP contribution in [-0.4, -0.2) is 14.8 Å². The minimum Gasteiger partial charge on any atom is -0.255 e. The van der Waals surface area contributed by atoms with Gasteiger partial charge in [0.05, 0.1) is 16.7 Å². The highest BCUT2D eigenvalue weighted by atomic mass is 19.1. The number of hydrogen-bond acceptors (Lipinski definition) is 2. The molecular formula is C26H22FN3. The largest absolute Gasteiger partial charge is 0.255 e. The highest BCUT2D eigenvalue weighted by Gasteiger charge is 2.18. The minimum atomic E-state index is -0.283. The van der Waals surface area contributed by atoms with Crippen molar-refractivity contribution >= 4 is 21.8 Å². The SMILES string of the molecule is CC(C)(C)c1ccc(-n2nc(-c3ccccc3)c3cnc4ccc(F)cc4c32)cc1. The predicted octanol–water partition coefficient (Wildman–Crippen LogP) is 6.68. The minimum absolute atomic E-state index is 0.0691. The monoisotopic (exact) mass is 395 g/mol. The zero-order valence-corrected chi connectivity index (χ0v) is 17.2. The maximum atomic E-state index is 14.2. The molecule has 30 heavy (non-hydrogen) atoms. The van der Waals surface area contributed by atoms with E-state index in [1.807, 2.05) is 41.2 Å². The molecule has 0 amide bonds. The summed E-state index contributed by atoms with van der Waals surface area (Å²) >= 11 is 0. The first-order valence-corrected chi connectivity index (χ1v) is 10.1. The van der Waals surface area contributed by atoms with Gasteiger partial charge >= 0.3 is 0 Å². The molecule has 0 saturated heterocycles. The molecule has 0 fully saturated rings. The van der Waals surface area contributed by atoms with E-state index in [4.69, 9.17) is 5.10 Å². The number of benzene rings is 3. The molecule has 0 radical (unpaired) electrons. The standard InChI is InChI=1S/C26H22FN3/c1-26(2,3)18-9-12-20(13-10-18)30-25-21-15-19(27)11-14-23(21)28-16-22(25)24(29-30)17-7-5-4-6-8-17/h4-16H,1-3H3. The van der Waals surface area contributed by atoms with Crippen LogP contribution in [0.3, 0.4) is 0 Å². The van der Waals surface area contributed by atoms with E-state index in [-0.39, 0.29) is 11.2 Å². The maximum Gasteiger partial charge on any atom is 0.124 e. The van der Waals surface area contributed by atoms with Crippen LogP contribution in [0.15, 0.2) is 79.0 Å². The molecule has 0 spiro atoms. The third-order valence-corrected chi connectivity index (χ3v) is 5.49. The van der Waals surface area contributed by atoms with Crippen LogP contribution in [0.4, 0.5) is 4.39 Å². The highest BCUT2D eigenvalue weighted by Crippen LogP contribution is 2.34. The van der Waals surface area contributed by atoms with Crippen molar-refractivity contribution in [1.82, 2.24) is 14.8 Å². The molecule has 0 aliphatic heterocycles. The Labute approximate surface area is 174 Å². The molecular weight excluding hydrogens is 373 g/mol. The molecule has 0 bridgehead atoms. The summed E-state index contributed by atoms with van der Waals surface area (Å²) in [6.07, 6.45) is 1.84. The smallest absolute Gasteiger partial charge is 0.124 e. The van der Waals surface area contributed by atoms with E-state index in [0.29, 0.717) is 0 Å². The summed E-state index contributed by atoms with van der Waals surface area (Å²) in [7, 11) is 0. The number of pyridine rings is 1. The molecule has 3 nitrogen and oxygen atoms in total. The van der Waals surface area contributed by atoms with Crippen LogP contribution in [0, 0.1) is 5.82 Å². The van der Waals surface area contributed by atoms with Gasteiger partial charge in [-0.3, -0.25) is 4.98 Å². The Balaban J connectivity index is 1.83. The molecule has 2 heterocycles. The summed E-state index contributed by atoms with van der Waals surface area (Å²) in [5, 5.41) is 6.61. The Kier molecular flexibility index (Phi) is 4.17. The summed E-state index contributed by atoms with van der Waals surface area (Å²) in [6, 6.07) is 23.2. The number of nitrogens with zero attached hydrogens (tertiary/aromatic N) is 3. The van der Waals surface area contributed by atoms with Crippen molar-refractivity contribution in [3.63, 3.8) is 0 Å². The van der Waals surface area contributed by atoms with Gasteiger partial charge in [0.25, 0.3) is 0 Å². The fraction of sp³-hybridized carbons (Fsp3) is 0.154. The van der Waals surface area contributed by atoms with Gasteiger partial charge in [0.1, 0.15) is 11.5 Å². The number of fused-ring (bicyclic) bond motifs is 3. The quantitative estimate of drug-likeness (QED) is 0.334. The topological polar surface area (TPSA) is 30.7 Å². The lowest BCUT2D eigenvalue weighted by molar-refractivity contribution is 0.590.